The highest BCUT2D eigenvalue weighted by molar-refractivity contribution is 5.76. The molecule has 0 aliphatic carbocycles. The summed E-state index contributed by atoms with van der Waals surface area (Å²) in [7, 11) is 0. The predicted octanol–water partition coefficient (Wildman–Crippen LogP) is -1.80. The Balaban J connectivity index is 3.92. The second kappa shape index (κ2) is 3.89. The molecule has 64 valence electrons. The first-order valence-electron chi connectivity index (χ1n) is 2.91. The van der Waals surface area contributed by atoms with Crippen molar-refractivity contribution < 1.29 is 19.8 Å². The third-order valence-corrected chi connectivity index (χ3v) is 1.16. The lowest BCUT2D eigenvalue weighted by atomic mass is 10.1. The van der Waals surface area contributed by atoms with Gasteiger partial charge in [-0.2, -0.15) is 0 Å². The van der Waals surface area contributed by atoms with Crippen LogP contribution in [0.25, 0.3) is 0 Å². The van der Waals surface area contributed by atoms with Gasteiger partial charge in [-0.25, -0.2) is 0 Å². The minimum atomic E-state index is -1.31. The third kappa shape index (κ3) is 3.54. The van der Waals surface area contributed by atoms with Crippen molar-refractivity contribution >= 4 is 11.9 Å². The molecule has 2 unspecified atom stereocenters. The van der Waals surface area contributed by atoms with Crippen LogP contribution < -0.4 is 11.5 Å². The van der Waals surface area contributed by atoms with Crippen LogP contribution in [0.15, 0.2) is 0 Å². The minimum Gasteiger partial charge on any atom is -0.481 e. The van der Waals surface area contributed by atoms with Gasteiger partial charge < -0.3 is 21.7 Å². The standard InChI is InChI=1S/C5H10N2O4/c6-2(1-3(8)9)4(7)5(10)11/h2,4H,1,6-7H2,(H,8,9)(H,10,11). The van der Waals surface area contributed by atoms with Crippen LogP contribution in [0.2, 0.25) is 0 Å². The molecule has 2 atom stereocenters. The maximum atomic E-state index is 10.1. The number of nitrogens with two attached hydrogens (primary N) is 2. The maximum Gasteiger partial charge on any atom is 0.322 e. The van der Waals surface area contributed by atoms with E-state index in [1.54, 1.807) is 0 Å². The summed E-state index contributed by atoms with van der Waals surface area (Å²) in [5, 5.41) is 16.5. The molecule has 0 radical (unpaired) electrons. The molecule has 0 spiro atoms. The number of hydrogen-bond donors (Lipinski definition) is 4. The molecule has 0 fully saturated rings. The SMILES string of the molecule is NC(CC(=O)O)C(N)C(=O)O. The number of rotatable bonds is 4. The Kier molecular flexibility index (Phi) is 3.49. The number of hydrogen-bond acceptors (Lipinski definition) is 4. The van der Waals surface area contributed by atoms with Gasteiger partial charge in [0.2, 0.25) is 0 Å². The Hall–Kier alpha value is -1.14. The summed E-state index contributed by atoms with van der Waals surface area (Å²) in [5.74, 6) is -2.45. The Morgan fingerprint density at radius 2 is 1.73 bits per heavy atom. The Morgan fingerprint density at radius 3 is 2.00 bits per heavy atom. The highest BCUT2D eigenvalue weighted by Crippen LogP contribution is 1.93. The van der Waals surface area contributed by atoms with E-state index in [1.807, 2.05) is 0 Å². The lowest BCUT2D eigenvalue weighted by Crippen LogP contribution is -2.48. The van der Waals surface area contributed by atoms with E-state index in [0.29, 0.717) is 0 Å². The number of carboxylic acids is 2. The zero-order valence-electron chi connectivity index (χ0n) is 5.73. The van der Waals surface area contributed by atoms with Crippen molar-refractivity contribution in [1.82, 2.24) is 0 Å². The van der Waals surface area contributed by atoms with Crippen LogP contribution >= 0.6 is 0 Å². The fourth-order valence-corrected chi connectivity index (χ4v) is 0.512. The van der Waals surface area contributed by atoms with Crippen molar-refractivity contribution in [2.45, 2.75) is 18.5 Å². The first kappa shape index (κ1) is 9.86. The van der Waals surface area contributed by atoms with Gasteiger partial charge >= 0.3 is 11.9 Å². The fourth-order valence-electron chi connectivity index (χ4n) is 0.512. The Labute approximate surface area is 62.8 Å². The summed E-state index contributed by atoms with van der Waals surface area (Å²) >= 11 is 0. The van der Waals surface area contributed by atoms with Crippen molar-refractivity contribution in [3.05, 3.63) is 0 Å². The van der Waals surface area contributed by atoms with E-state index in [0.717, 1.165) is 0 Å². The molecule has 6 nitrogen and oxygen atoms in total. The topological polar surface area (TPSA) is 127 Å². The van der Waals surface area contributed by atoms with E-state index >= 15 is 0 Å². The van der Waals surface area contributed by atoms with Gasteiger partial charge in [0, 0.05) is 6.04 Å². The van der Waals surface area contributed by atoms with E-state index in [9.17, 15) is 9.59 Å². The Morgan fingerprint density at radius 1 is 1.27 bits per heavy atom. The van der Waals surface area contributed by atoms with Crippen molar-refractivity contribution in [2.75, 3.05) is 0 Å². The summed E-state index contributed by atoms with van der Waals surface area (Å²) in [6.07, 6.45) is -0.437. The molecule has 0 heterocycles. The number of aliphatic carboxylic acids is 2. The second-order valence-electron chi connectivity index (χ2n) is 2.13. The highest BCUT2D eigenvalue weighted by Gasteiger charge is 2.22. The van der Waals surface area contributed by atoms with Crippen LogP contribution in [0.5, 0.6) is 0 Å². The van der Waals surface area contributed by atoms with Gasteiger partial charge in [0.1, 0.15) is 6.04 Å². The minimum absolute atomic E-state index is 0.437. The zero-order valence-corrected chi connectivity index (χ0v) is 5.73. The van der Waals surface area contributed by atoms with Crippen molar-refractivity contribution in [1.29, 1.82) is 0 Å². The van der Waals surface area contributed by atoms with Gasteiger partial charge in [0.15, 0.2) is 0 Å². The fraction of sp³-hybridized carbons (Fsp3) is 0.600. The van der Waals surface area contributed by atoms with Gasteiger partial charge in [-0.05, 0) is 0 Å². The molecule has 0 aromatic heterocycles. The molecule has 0 amide bonds. The van der Waals surface area contributed by atoms with E-state index in [4.69, 9.17) is 21.7 Å². The first-order chi connectivity index (χ1) is 4.95. The molecule has 0 bridgehead atoms. The van der Waals surface area contributed by atoms with Crippen LogP contribution in [0.4, 0.5) is 0 Å². The van der Waals surface area contributed by atoms with Gasteiger partial charge in [-0.1, -0.05) is 0 Å². The first-order valence-corrected chi connectivity index (χ1v) is 2.91. The summed E-state index contributed by atoms with van der Waals surface area (Å²) in [6, 6.07) is -2.35. The monoisotopic (exact) mass is 162 g/mol. The summed E-state index contributed by atoms with van der Waals surface area (Å²) in [4.78, 5) is 20.1. The molecule has 0 aliphatic heterocycles. The molecule has 0 aromatic rings. The average Bonchev–Trinajstić information content (AvgIpc) is 1.84. The highest BCUT2D eigenvalue weighted by atomic mass is 16.4. The van der Waals surface area contributed by atoms with Gasteiger partial charge in [-0.15, -0.1) is 0 Å². The van der Waals surface area contributed by atoms with Crippen molar-refractivity contribution in [3.63, 3.8) is 0 Å². The van der Waals surface area contributed by atoms with Gasteiger partial charge in [0.05, 0.1) is 6.42 Å². The molecule has 11 heavy (non-hydrogen) atoms. The van der Waals surface area contributed by atoms with Crippen LogP contribution in [0.1, 0.15) is 6.42 Å². The lowest BCUT2D eigenvalue weighted by molar-refractivity contribution is -0.140. The lowest BCUT2D eigenvalue weighted by Gasteiger charge is -2.12. The molecule has 0 rings (SSSR count). The Bertz CT molecular complexity index is 170. The average molecular weight is 162 g/mol. The molecule has 6 N–H and O–H groups in total. The van der Waals surface area contributed by atoms with Gasteiger partial charge in [0.25, 0.3) is 0 Å². The van der Waals surface area contributed by atoms with Crippen molar-refractivity contribution in [2.24, 2.45) is 11.5 Å². The predicted molar refractivity (Wildman–Crippen MR) is 35.8 cm³/mol. The number of carboxylic acid groups (broad SMARTS) is 2. The maximum absolute atomic E-state index is 10.1. The molecule has 0 saturated heterocycles. The zero-order chi connectivity index (χ0) is 9.02. The molecule has 0 saturated carbocycles. The molecule has 0 aromatic carbocycles. The molecular weight excluding hydrogens is 152 g/mol. The van der Waals surface area contributed by atoms with Crippen LogP contribution in [0.3, 0.4) is 0 Å². The van der Waals surface area contributed by atoms with E-state index in [-0.39, 0.29) is 0 Å². The summed E-state index contributed by atoms with van der Waals surface area (Å²) < 4.78 is 0. The third-order valence-electron chi connectivity index (χ3n) is 1.16. The molecular formula is C5H10N2O4. The smallest absolute Gasteiger partial charge is 0.322 e. The second-order valence-corrected chi connectivity index (χ2v) is 2.13. The van der Waals surface area contributed by atoms with E-state index in [2.05, 4.69) is 0 Å². The van der Waals surface area contributed by atoms with E-state index < -0.39 is 30.4 Å². The largest absolute Gasteiger partial charge is 0.481 e. The van der Waals surface area contributed by atoms with E-state index in [1.165, 1.54) is 0 Å². The van der Waals surface area contributed by atoms with Gasteiger partial charge in [-0.3, -0.25) is 9.59 Å². The summed E-state index contributed by atoms with van der Waals surface area (Å²) in [6.45, 7) is 0. The van der Waals surface area contributed by atoms with Crippen LogP contribution in [0, 0.1) is 0 Å². The molecule has 6 heteroatoms. The summed E-state index contributed by atoms with van der Waals surface area (Å²) in [5.41, 5.74) is 10.2. The van der Waals surface area contributed by atoms with Crippen LogP contribution in [-0.2, 0) is 9.59 Å². The molecule has 0 aliphatic rings. The van der Waals surface area contributed by atoms with Crippen molar-refractivity contribution in [3.8, 4) is 0 Å². The van der Waals surface area contributed by atoms with Crippen LogP contribution in [-0.4, -0.2) is 34.2 Å². The number of carbonyl (C=O) groups is 2. The normalized spacial score (nSPS) is 15.5. The quantitative estimate of drug-likeness (QED) is 0.386.